The molecule has 0 saturated carbocycles. The summed E-state index contributed by atoms with van der Waals surface area (Å²) in [6, 6.07) is 5.50. The van der Waals surface area contributed by atoms with E-state index in [9.17, 15) is 22.7 Å². The number of aliphatic hydroxyl groups is 1. The molecule has 0 aliphatic carbocycles. The van der Waals surface area contributed by atoms with Crippen LogP contribution in [0.3, 0.4) is 0 Å². The molecule has 0 aliphatic heterocycles. The van der Waals surface area contributed by atoms with Crippen LogP contribution in [0.15, 0.2) is 36.4 Å². The Morgan fingerprint density at radius 3 is 2.16 bits per heavy atom. The van der Waals surface area contributed by atoms with Crippen LogP contribution in [0.4, 0.5) is 17.6 Å². The van der Waals surface area contributed by atoms with Gasteiger partial charge in [0, 0.05) is 18.1 Å². The largest absolute Gasteiger partial charge is 0.388 e. The van der Waals surface area contributed by atoms with Gasteiger partial charge in [0.1, 0.15) is 23.3 Å². The van der Waals surface area contributed by atoms with Crippen LogP contribution >= 0.6 is 0 Å². The van der Waals surface area contributed by atoms with E-state index in [1.54, 1.807) is 0 Å². The Morgan fingerprint density at radius 1 is 0.842 bits per heavy atom. The summed E-state index contributed by atoms with van der Waals surface area (Å²) in [4.78, 5) is 0. The predicted octanol–water partition coefficient (Wildman–Crippen LogP) is 3.52. The van der Waals surface area contributed by atoms with Crippen LogP contribution < -0.4 is 0 Å². The van der Waals surface area contributed by atoms with E-state index in [0.717, 1.165) is 30.3 Å². The van der Waals surface area contributed by atoms with Gasteiger partial charge in [0.15, 0.2) is 0 Å². The van der Waals surface area contributed by atoms with Crippen molar-refractivity contribution in [1.29, 1.82) is 0 Å². The number of hydrogen-bond acceptors (Lipinski definition) is 1. The molecule has 5 heteroatoms. The zero-order valence-corrected chi connectivity index (χ0v) is 9.71. The van der Waals surface area contributed by atoms with E-state index in [4.69, 9.17) is 0 Å². The molecule has 1 atom stereocenters. The molecule has 2 aromatic carbocycles. The first kappa shape index (κ1) is 13.5. The minimum Gasteiger partial charge on any atom is -0.388 e. The van der Waals surface area contributed by atoms with Crippen LogP contribution in [-0.4, -0.2) is 5.11 Å². The summed E-state index contributed by atoms with van der Waals surface area (Å²) in [7, 11) is 0. The summed E-state index contributed by atoms with van der Waals surface area (Å²) >= 11 is 0. The second kappa shape index (κ2) is 5.40. The van der Waals surface area contributed by atoms with Gasteiger partial charge in [0.2, 0.25) is 0 Å². The van der Waals surface area contributed by atoms with Crippen molar-refractivity contribution in [1.82, 2.24) is 0 Å². The number of benzene rings is 2. The van der Waals surface area contributed by atoms with E-state index in [1.165, 1.54) is 0 Å². The van der Waals surface area contributed by atoms with Crippen molar-refractivity contribution >= 4 is 0 Å². The zero-order chi connectivity index (χ0) is 14.0. The monoisotopic (exact) mass is 270 g/mol. The van der Waals surface area contributed by atoms with Crippen LogP contribution in [0, 0.1) is 23.3 Å². The van der Waals surface area contributed by atoms with Gasteiger partial charge in [0.05, 0.1) is 6.10 Å². The standard InChI is InChI=1S/C14H10F4O/c15-9-2-4-12(17)8(5-9)6-14(19)11-3-1-10(16)7-13(11)18/h1-5,7,14,19H,6H2. The van der Waals surface area contributed by atoms with E-state index in [-0.39, 0.29) is 17.5 Å². The highest BCUT2D eigenvalue weighted by Gasteiger charge is 2.16. The maximum absolute atomic E-state index is 13.4. The first-order valence-corrected chi connectivity index (χ1v) is 5.54. The molecule has 0 heterocycles. The van der Waals surface area contributed by atoms with Gasteiger partial charge >= 0.3 is 0 Å². The Balaban J connectivity index is 2.25. The van der Waals surface area contributed by atoms with Crippen molar-refractivity contribution in [3.8, 4) is 0 Å². The normalized spacial score (nSPS) is 12.5. The maximum atomic E-state index is 13.4. The molecule has 0 saturated heterocycles. The van der Waals surface area contributed by atoms with Crippen LogP contribution in [-0.2, 0) is 6.42 Å². The summed E-state index contributed by atoms with van der Waals surface area (Å²) in [5.41, 5.74) is -0.235. The van der Waals surface area contributed by atoms with Crippen LogP contribution in [0.25, 0.3) is 0 Å². The molecule has 0 amide bonds. The quantitative estimate of drug-likeness (QED) is 0.846. The lowest BCUT2D eigenvalue weighted by atomic mass is 10.0. The van der Waals surface area contributed by atoms with E-state index in [1.807, 2.05) is 0 Å². The maximum Gasteiger partial charge on any atom is 0.131 e. The molecule has 2 rings (SSSR count). The predicted molar refractivity (Wildman–Crippen MR) is 61.4 cm³/mol. The average Bonchev–Trinajstić information content (AvgIpc) is 2.33. The minimum absolute atomic E-state index is 0.0729. The summed E-state index contributed by atoms with van der Waals surface area (Å²) in [5, 5.41) is 9.81. The van der Waals surface area contributed by atoms with E-state index in [2.05, 4.69) is 0 Å². The summed E-state index contributed by atoms with van der Waals surface area (Å²) in [6.45, 7) is 0. The molecule has 0 aromatic heterocycles. The molecule has 0 fully saturated rings. The van der Waals surface area contributed by atoms with Crippen LogP contribution in [0.1, 0.15) is 17.2 Å². The summed E-state index contributed by atoms with van der Waals surface area (Å²) in [6.07, 6.45) is -1.68. The highest BCUT2D eigenvalue weighted by Crippen LogP contribution is 2.23. The Labute approximate surface area is 107 Å². The number of aliphatic hydroxyl groups excluding tert-OH is 1. The lowest BCUT2D eigenvalue weighted by Crippen LogP contribution is -2.06. The molecule has 1 N–H and O–H groups in total. The molecular formula is C14H10F4O. The lowest BCUT2D eigenvalue weighted by Gasteiger charge is -2.12. The fourth-order valence-electron chi connectivity index (χ4n) is 1.79. The van der Waals surface area contributed by atoms with E-state index >= 15 is 0 Å². The van der Waals surface area contributed by atoms with Crippen molar-refractivity contribution in [3.05, 3.63) is 70.8 Å². The molecular weight excluding hydrogens is 260 g/mol. The molecule has 100 valence electrons. The smallest absolute Gasteiger partial charge is 0.131 e. The Bertz CT molecular complexity index is 598. The molecule has 1 unspecified atom stereocenters. The van der Waals surface area contributed by atoms with Crippen molar-refractivity contribution in [2.75, 3.05) is 0 Å². The fraction of sp³-hybridized carbons (Fsp3) is 0.143. The number of halogens is 4. The van der Waals surface area contributed by atoms with Gasteiger partial charge in [-0.25, -0.2) is 17.6 Å². The van der Waals surface area contributed by atoms with Crippen molar-refractivity contribution in [2.24, 2.45) is 0 Å². The van der Waals surface area contributed by atoms with Crippen molar-refractivity contribution in [3.63, 3.8) is 0 Å². The summed E-state index contributed by atoms with van der Waals surface area (Å²) in [5.74, 6) is -3.04. The third kappa shape index (κ3) is 3.12. The second-order valence-corrected chi connectivity index (χ2v) is 4.12. The third-order valence-corrected chi connectivity index (χ3v) is 2.74. The van der Waals surface area contributed by atoms with Gasteiger partial charge < -0.3 is 5.11 Å². The molecule has 0 spiro atoms. The number of rotatable bonds is 3. The van der Waals surface area contributed by atoms with Gasteiger partial charge in [-0.15, -0.1) is 0 Å². The first-order chi connectivity index (χ1) is 8.97. The second-order valence-electron chi connectivity index (χ2n) is 4.12. The molecule has 1 nitrogen and oxygen atoms in total. The molecule has 0 aliphatic rings. The Morgan fingerprint density at radius 2 is 1.47 bits per heavy atom. The van der Waals surface area contributed by atoms with E-state index < -0.39 is 29.4 Å². The summed E-state index contributed by atoms with van der Waals surface area (Å²) < 4.78 is 52.5. The topological polar surface area (TPSA) is 20.2 Å². The molecule has 0 radical (unpaired) electrons. The molecule has 19 heavy (non-hydrogen) atoms. The molecule has 2 aromatic rings. The molecule has 0 bridgehead atoms. The SMILES string of the molecule is OC(Cc1cc(F)ccc1F)c1ccc(F)cc1F. The number of hydrogen-bond donors (Lipinski definition) is 1. The Hall–Kier alpha value is -1.88. The Kier molecular flexibility index (Phi) is 3.85. The van der Waals surface area contributed by atoms with Crippen molar-refractivity contribution < 1.29 is 22.7 Å². The minimum atomic E-state index is -1.38. The average molecular weight is 270 g/mol. The highest BCUT2D eigenvalue weighted by molar-refractivity contribution is 5.25. The van der Waals surface area contributed by atoms with Crippen LogP contribution in [0.2, 0.25) is 0 Å². The van der Waals surface area contributed by atoms with Gasteiger partial charge in [-0.1, -0.05) is 6.07 Å². The third-order valence-electron chi connectivity index (χ3n) is 2.74. The van der Waals surface area contributed by atoms with Crippen molar-refractivity contribution in [2.45, 2.75) is 12.5 Å². The lowest BCUT2D eigenvalue weighted by molar-refractivity contribution is 0.172. The van der Waals surface area contributed by atoms with Gasteiger partial charge in [-0.05, 0) is 29.8 Å². The van der Waals surface area contributed by atoms with Gasteiger partial charge in [0.25, 0.3) is 0 Å². The van der Waals surface area contributed by atoms with Gasteiger partial charge in [-0.2, -0.15) is 0 Å². The van der Waals surface area contributed by atoms with Crippen LogP contribution in [0.5, 0.6) is 0 Å². The zero-order valence-electron chi connectivity index (χ0n) is 9.71. The fourth-order valence-corrected chi connectivity index (χ4v) is 1.79. The highest BCUT2D eigenvalue weighted by atomic mass is 19.1. The first-order valence-electron chi connectivity index (χ1n) is 5.54. The van der Waals surface area contributed by atoms with E-state index in [0.29, 0.717) is 6.07 Å². The van der Waals surface area contributed by atoms with Gasteiger partial charge in [-0.3, -0.25) is 0 Å².